The average molecular weight is 241 g/mol. The van der Waals surface area contributed by atoms with Gasteiger partial charge in [-0.25, -0.2) is 4.39 Å². The van der Waals surface area contributed by atoms with Crippen molar-refractivity contribution in [2.24, 2.45) is 0 Å². The zero-order chi connectivity index (χ0) is 11.0. The van der Waals surface area contributed by atoms with Gasteiger partial charge in [0.25, 0.3) is 0 Å². The number of aromatic nitrogens is 1. The quantitative estimate of drug-likeness (QED) is 0.707. The number of hydrogen-bond acceptors (Lipinski definition) is 2. The second kappa shape index (κ2) is 3.65. The van der Waals surface area contributed by atoms with E-state index in [1.165, 1.54) is 12.3 Å². The van der Waals surface area contributed by atoms with Gasteiger partial charge in [0, 0.05) is 11.6 Å². The maximum atomic E-state index is 13.1. The number of nitrogens with zero attached hydrogens (tertiary/aromatic N) is 2. The number of halogens is 3. The van der Waals surface area contributed by atoms with Crippen LogP contribution in [-0.2, 0) is 0 Å². The number of hydrogen-bond donors (Lipinski definition) is 0. The summed E-state index contributed by atoms with van der Waals surface area (Å²) in [5, 5.41) is 9.41. The third kappa shape index (κ3) is 1.63. The van der Waals surface area contributed by atoms with Gasteiger partial charge in [-0.2, -0.15) is 5.26 Å². The molecule has 0 radical (unpaired) electrons. The van der Waals surface area contributed by atoms with Gasteiger partial charge in [-0.1, -0.05) is 23.2 Å². The van der Waals surface area contributed by atoms with Crippen LogP contribution in [0.5, 0.6) is 0 Å². The van der Waals surface area contributed by atoms with Crippen LogP contribution in [0.25, 0.3) is 10.9 Å². The molecule has 5 heteroatoms. The Morgan fingerprint density at radius 1 is 1.33 bits per heavy atom. The first-order valence-electron chi connectivity index (χ1n) is 3.97. The molecule has 0 unspecified atom stereocenters. The molecule has 0 saturated carbocycles. The second-order valence-corrected chi connectivity index (χ2v) is 3.67. The van der Waals surface area contributed by atoms with Crippen LogP contribution in [0.3, 0.4) is 0 Å². The molecular formula is C10H3Cl2FN2. The van der Waals surface area contributed by atoms with Crippen molar-refractivity contribution in [2.45, 2.75) is 0 Å². The van der Waals surface area contributed by atoms with E-state index in [2.05, 4.69) is 4.98 Å². The van der Waals surface area contributed by atoms with E-state index in [4.69, 9.17) is 28.5 Å². The molecule has 1 aromatic carbocycles. The normalized spacial score (nSPS) is 10.3. The Hall–Kier alpha value is -1.37. The van der Waals surface area contributed by atoms with E-state index in [0.29, 0.717) is 10.9 Å². The van der Waals surface area contributed by atoms with Crippen LogP contribution >= 0.6 is 23.2 Å². The van der Waals surface area contributed by atoms with Gasteiger partial charge in [0.15, 0.2) is 0 Å². The lowest BCUT2D eigenvalue weighted by atomic mass is 10.1. The minimum atomic E-state index is -0.508. The van der Waals surface area contributed by atoms with Gasteiger partial charge >= 0.3 is 0 Å². The number of pyridine rings is 1. The van der Waals surface area contributed by atoms with Gasteiger partial charge < -0.3 is 0 Å². The summed E-state index contributed by atoms with van der Waals surface area (Å²) in [5.41, 5.74) is 0.591. The molecule has 1 heterocycles. The highest BCUT2D eigenvalue weighted by atomic mass is 35.5. The van der Waals surface area contributed by atoms with Crippen molar-refractivity contribution >= 4 is 34.1 Å². The van der Waals surface area contributed by atoms with E-state index in [0.717, 1.165) is 6.07 Å². The minimum absolute atomic E-state index is 0.170. The van der Waals surface area contributed by atoms with Gasteiger partial charge in [-0.15, -0.1) is 0 Å². The lowest BCUT2D eigenvalue weighted by Crippen LogP contribution is -1.87. The van der Waals surface area contributed by atoms with Crippen molar-refractivity contribution in [1.29, 1.82) is 5.26 Å². The number of rotatable bonds is 0. The Bertz CT molecular complexity index is 590. The van der Waals surface area contributed by atoms with Crippen LogP contribution in [0.2, 0.25) is 10.0 Å². The first kappa shape index (κ1) is 10.2. The highest BCUT2D eigenvalue weighted by molar-refractivity contribution is 6.39. The van der Waals surface area contributed by atoms with Gasteiger partial charge in [0.1, 0.15) is 11.9 Å². The van der Waals surface area contributed by atoms with Gasteiger partial charge in [-0.05, 0) is 12.1 Å². The van der Waals surface area contributed by atoms with Crippen molar-refractivity contribution < 1.29 is 4.39 Å². The maximum absolute atomic E-state index is 13.1. The minimum Gasteiger partial charge on any atom is -0.253 e. The van der Waals surface area contributed by atoms with Crippen molar-refractivity contribution in [3.63, 3.8) is 0 Å². The van der Waals surface area contributed by atoms with Gasteiger partial charge in [0.2, 0.25) is 0 Å². The van der Waals surface area contributed by atoms with Crippen LogP contribution in [0.15, 0.2) is 18.3 Å². The summed E-state index contributed by atoms with van der Waals surface area (Å²) >= 11 is 11.7. The summed E-state index contributed by atoms with van der Waals surface area (Å²) in [6.45, 7) is 0. The molecule has 0 spiro atoms. The van der Waals surface area contributed by atoms with E-state index in [9.17, 15) is 4.39 Å². The molecule has 0 saturated heterocycles. The van der Waals surface area contributed by atoms with E-state index >= 15 is 0 Å². The molecule has 2 nitrogen and oxygen atoms in total. The predicted molar refractivity (Wildman–Crippen MR) is 56.4 cm³/mol. The lowest BCUT2D eigenvalue weighted by Gasteiger charge is -2.03. The molecule has 15 heavy (non-hydrogen) atoms. The number of benzene rings is 1. The molecule has 0 atom stereocenters. The molecule has 0 bridgehead atoms. The van der Waals surface area contributed by atoms with Crippen molar-refractivity contribution in [1.82, 2.24) is 4.98 Å². The average Bonchev–Trinajstić information content (AvgIpc) is 2.19. The van der Waals surface area contributed by atoms with Crippen LogP contribution in [0, 0.1) is 17.1 Å². The monoisotopic (exact) mass is 240 g/mol. The maximum Gasteiger partial charge on any atom is 0.125 e. The summed E-state index contributed by atoms with van der Waals surface area (Å²) in [7, 11) is 0. The Labute approximate surface area is 94.9 Å². The number of fused-ring (bicyclic) bond motifs is 1. The fourth-order valence-corrected chi connectivity index (χ4v) is 1.76. The molecular weight excluding hydrogens is 238 g/mol. The summed E-state index contributed by atoms with van der Waals surface area (Å²) in [6, 6.07) is 4.22. The zero-order valence-corrected chi connectivity index (χ0v) is 8.77. The molecule has 0 N–H and O–H groups in total. The van der Waals surface area contributed by atoms with Crippen molar-refractivity contribution in [2.75, 3.05) is 0 Å². The number of nitriles is 1. The first-order chi connectivity index (χ1) is 7.13. The third-order valence-electron chi connectivity index (χ3n) is 1.94. The van der Waals surface area contributed by atoms with Crippen molar-refractivity contribution in [3.8, 4) is 6.07 Å². The van der Waals surface area contributed by atoms with Gasteiger partial charge in [-0.3, -0.25) is 4.98 Å². The van der Waals surface area contributed by atoms with E-state index < -0.39 is 5.82 Å². The van der Waals surface area contributed by atoms with E-state index in [-0.39, 0.29) is 15.6 Å². The highest BCUT2D eigenvalue weighted by Gasteiger charge is 2.10. The fourth-order valence-electron chi connectivity index (χ4n) is 1.27. The Kier molecular flexibility index (Phi) is 2.47. The summed E-state index contributed by atoms with van der Waals surface area (Å²) in [5.74, 6) is -0.508. The molecule has 0 fully saturated rings. The molecule has 0 aliphatic carbocycles. The zero-order valence-electron chi connectivity index (χ0n) is 7.26. The first-order valence-corrected chi connectivity index (χ1v) is 4.72. The largest absolute Gasteiger partial charge is 0.253 e. The molecule has 0 amide bonds. The van der Waals surface area contributed by atoms with Crippen LogP contribution in [-0.4, -0.2) is 4.98 Å². The Morgan fingerprint density at radius 2 is 2.07 bits per heavy atom. The molecule has 74 valence electrons. The molecule has 1 aromatic heterocycles. The Balaban J connectivity index is 2.94. The highest BCUT2D eigenvalue weighted by Crippen LogP contribution is 2.30. The molecule has 2 aromatic rings. The summed E-state index contributed by atoms with van der Waals surface area (Å²) in [4.78, 5) is 3.95. The third-order valence-corrected chi connectivity index (χ3v) is 2.64. The predicted octanol–water partition coefficient (Wildman–Crippen LogP) is 3.55. The topological polar surface area (TPSA) is 36.7 Å². The fraction of sp³-hybridized carbons (Fsp3) is 0. The second-order valence-electron chi connectivity index (χ2n) is 2.88. The molecule has 2 rings (SSSR count). The van der Waals surface area contributed by atoms with Crippen LogP contribution in [0.1, 0.15) is 5.56 Å². The van der Waals surface area contributed by atoms with E-state index in [1.807, 2.05) is 6.07 Å². The molecule has 0 aliphatic rings. The lowest BCUT2D eigenvalue weighted by molar-refractivity contribution is 0.629. The van der Waals surface area contributed by atoms with Crippen molar-refractivity contribution in [3.05, 3.63) is 39.8 Å². The van der Waals surface area contributed by atoms with Gasteiger partial charge in [0.05, 0.1) is 21.1 Å². The summed E-state index contributed by atoms with van der Waals surface area (Å²) < 4.78 is 13.1. The Morgan fingerprint density at radius 3 is 2.73 bits per heavy atom. The summed E-state index contributed by atoms with van der Waals surface area (Å²) in [6.07, 6.45) is 1.31. The molecule has 0 aliphatic heterocycles. The van der Waals surface area contributed by atoms with Crippen LogP contribution in [0.4, 0.5) is 4.39 Å². The smallest absolute Gasteiger partial charge is 0.125 e. The standard InChI is InChI=1S/C10H3Cl2FN2/c11-8-2-6(13)1-7-9(12)5(3-14)4-15-10(7)8/h1-2,4H. The SMILES string of the molecule is N#Cc1cnc2c(Cl)cc(F)cc2c1Cl. The van der Waals surface area contributed by atoms with Crippen LogP contribution < -0.4 is 0 Å². The van der Waals surface area contributed by atoms with E-state index in [1.54, 1.807) is 0 Å².